The largest absolute Gasteiger partial charge is 0.364 e. The van der Waals surface area contributed by atoms with E-state index in [0.717, 1.165) is 12.8 Å². The minimum atomic E-state index is -3.78. The average molecular weight is 467 g/mol. The molecule has 4 amide bonds. The number of amides is 4. The van der Waals surface area contributed by atoms with Crippen molar-refractivity contribution >= 4 is 27.9 Å². The van der Waals surface area contributed by atoms with E-state index in [2.05, 4.69) is 12.2 Å². The lowest BCUT2D eigenvalue weighted by atomic mass is 9.77. The number of sulfonamides is 1. The molecule has 32 heavy (non-hydrogen) atoms. The maximum Gasteiger partial charge on any atom is 0.326 e. The molecule has 11 nitrogen and oxygen atoms in total. The molecular formula is C20H30N6O5S. The van der Waals surface area contributed by atoms with E-state index in [1.54, 1.807) is 7.05 Å². The van der Waals surface area contributed by atoms with E-state index >= 15 is 0 Å². The molecule has 1 saturated carbocycles. The number of hydrogen-bond acceptors (Lipinski definition) is 6. The van der Waals surface area contributed by atoms with Crippen molar-refractivity contribution in [1.29, 1.82) is 0 Å². The van der Waals surface area contributed by atoms with Crippen molar-refractivity contribution in [2.45, 2.75) is 43.0 Å². The molecule has 176 valence electrons. The van der Waals surface area contributed by atoms with Crippen LogP contribution in [0.2, 0.25) is 0 Å². The third-order valence-corrected chi connectivity index (χ3v) is 8.78. The number of aryl methyl sites for hydroxylation is 1. The lowest BCUT2D eigenvalue weighted by Crippen LogP contribution is -2.53. The molecule has 1 aromatic rings. The normalized spacial score (nSPS) is 27.8. The molecule has 0 atom stereocenters. The molecule has 0 unspecified atom stereocenters. The Morgan fingerprint density at radius 3 is 2.38 bits per heavy atom. The van der Waals surface area contributed by atoms with Gasteiger partial charge in [0, 0.05) is 39.4 Å². The highest BCUT2D eigenvalue weighted by atomic mass is 32.2. The highest BCUT2D eigenvalue weighted by molar-refractivity contribution is 7.89. The zero-order valence-corrected chi connectivity index (χ0v) is 19.2. The second-order valence-electron chi connectivity index (χ2n) is 9.13. The minimum Gasteiger partial charge on any atom is -0.364 e. The Bertz CT molecular complexity index is 1030. The van der Waals surface area contributed by atoms with Crippen molar-refractivity contribution in [2.24, 2.45) is 18.7 Å². The van der Waals surface area contributed by atoms with E-state index in [1.165, 1.54) is 26.0 Å². The number of nitrogens with two attached hydrogens (primary N) is 1. The first-order valence-corrected chi connectivity index (χ1v) is 12.3. The van der Waals surface area contributed by atoms with Crippen molar-refractivity contribution in [3.8, 4) is 0 Å². The molecule has 0 bridgehead atoms. The summed E-state index contributed by atoms with van der Waals surface area (Å²) in [6.07, 6.45) is 4.51. The molecule has 0 aromatic carbocycles. The molecule has 1 aromatic heterocycles. The zero-order valence-electron chi connectivity index (χ0n) is 18.4. The molecule has 12 heteroatoms. The number of imide groups is 1. The Morgan fingerprint density at radius 2 is 1.81 bits per heavy atom. The molecule has 1 aliphatic carbocycles. The topological polar surface area (TPSA) is 138 Å². The van der Waals surface area contributed by atoms with Gasteiger partial charge in [0.1, 0.15) is 16.1 Å². The number of aromatic nitrogens is 1. The van der Waals surface area contributed by atoms with Gasteiger partial charge in [0.15, 0.2) is 0 Å². The quantitative estimate of drug-likeness (QED) is 0.581. The molecule has 0 radical (unpaired) electrons. The van der Waals surface area contributed by atoms with Gasteiger partial charge in [0.25, 0.3) is 11.8 Å². The summed E-state index contributed by atoms with van der Waals surface area (Å²) in [6.45, 7) is 3.51. The number of hydrogen-bond donors (Lipinski definition) is 2. The molecule has 2 aliphatic heterocycles. The minimum absolute atomic E-state index is 0.0183. The lowest BCUT2D eigenvalue weighted by Gasteiger charge is -2.36. The van der Waals surface area contributed by atoms with Crippen molar-refractivity contribution in [3.05, 3.63) is 18.0 Å². The molecule has 3 heterocycles. The van der Waals surface area contributed by atoms with Crippen LogP contribution in [0.15, 0.2) is 17.2 Å². The first-order chi connectivity index (χ1) is 15.0. The Labute approximate surface area is 187 Å². The monoisotopic (exact) mass is 466 g/mol. The lowest BCUT2D eigenvalue weighted by molar-refractivity contribution is -0.134. The average Bonchev–Trinajstić information content (AvgIpc) is 3.25. The highest BCUT2D eigenvalue weighted by Crippen LogP contribution is 2.36. The number of carbonyl (C=O) groups is 3. The summed E-state index contributed by atoms with van der Waals surface area (Å²) in [6, 6.07) is 0.907. The van der Waals surface area contributed by atoms with Crippen LogP contribution in [0.4, 0.5) is 4.79 Å². The molecular weight excluding hydrogens is 436 g/mol. The van der Waals surface area contributed by atoms with Gasteiger partial charge in [-0.2, -0.15) is 4.31 Å². The second kappa shape index (κ2) is 8.16. The summed E-state index contributed by atoms with van der Waals surface area (Å²) in [5, 5.41) is 2.91. The van der Waals surface area contributed by atoms with Crippen LogP contribution in [-0.2, 0) is 21.9 Å². The molecule has 3 fully saturated rings. The van der Waals surface area contributed by atoms with Gasteiger partial charge in [-0.3, -0.25) is 14.5 Å². The summed E-state index contributed by atoms with van der Waals surface area (Å²) in [7, 11) is -2.21. The van der Waals surface area contributed by atoms with Crippen LogP contribution in [0, 0.1) is 5.92 Å². The fraction of sp³-hybridized carbons (Fsp3) is 0.650. The highest BCUT2D eigenvalue weighted by Gasteiger charge is 2.52. The van der Waals surface area contributed by atoms with E-state index in [-0.39, 0.29) is 42.3 Å². The van der Waals surface area contributed by atoms with E-state index in [9.17, 15) is 22.8 Å². The van der Waals surface area contributed by atoms with E-state index in [0.29, 0.717) is 31.8 Å². The van der Waals surface area contributed by atoms with Crippen LogP contribution < -0.4 is 11.1 Å². The van der Waals surface area contributed by atoms with E-state index in [4.69, 9.17) is 5.73 Å². The fourth-order valence-electron chi connectivity index (χ4n) is 4.78. The number of primary amides is 1. The van der Waals surface area contributed by atoms with Gasteiger partial charge in [-0.25, -0.2) is 18.1 Å². The van der Waals surface area contributed by atoms with E-state index in [1.807, 2.05) is 4.90 Å². The van der Waals surface area contributed by atoms with Gasteiger partial charge in [-0.05, 0) is 37.7 Å². The van der Waals surface area contributed by atoms with Gasteiger partial charge >= 0.3 is 6.03 Å². The Balaban J connectivity index is 1.38. The van der Waals surface area contributed by atoms with Crippen LogP contribution in [0.25, 0.3) is 0 Å². The SMILES string of the molecule is CC1CCC2(CC1)NC(=O)N(CN1CCN(S(=O)(=O)c3cc(C(N)=O)n(C)c3)CC1)C2=O. The number of piperazine rings is 1. The number of carbonyl (C=O) groups excluding carboxylic acids is 3. The van der Waals surface area contributed by atoms with Crippen LogP contribution in [-0.4, -0.2) is 83.3 Å². The number of nitrogens with one attached hydrogen (secondary N) is 1. The summed E-state index contributed by atoms with van der Waals surface area (Å²) in [4.78, 5) is 40.2. The molecule has 3 aliphatic rings. The maximum atomic E-state index is 13.0. The first-order valence-electron chi connectivity index (χ1n) is 10.9. The third-order valence-electron chi connectivity index (χ3n) is 6.92. The van der Waals surface area contributed by atoms with Gasteiger partial charge in [-0.15, -0.1) is 0 Å². The summed E-state index contributed by atoms with van der Waals surface area (Å²) >= 11 is 0. The summed E-state index contributed by atoms with van der Waals surface area (Å²) in [5.41, 5.74) is 4.63. The number of urea groups is 1. The Morgan fingerprint density at radius 1 is 1.19 bits per heavy atom. The van der Waals surface area contributed by atoms with Gasteiger partial charge in [0.2, 0.25) is 10.0 Å². The maximum absolute atomic E-state index is 13.0. The predicted octanol–water partition coefficient (Wildman–Crippen LogP) is -0.111. The van der Waals surface area contributed by atoms with Gasteiger partial charge in [0.05, 0.1) is 6.67 Å². The molecule has 1 spiro atoms. The van der Waals surface area contributed by atoms with Crippen LogP contribution >= 0.6 is 0 Å². The van der Waals surface area contributed by atoms with Crippen LogP contribution in [0.1, 0.15) is 43.1 Å². The molecule has 4 rings (SSSR count). The van der Waals surface area contributed by atoms with Gasteiger partial charge < -0.3 is 15.6 Å². The van der Waals surface area contributed by atoms with Crippen molar-refractivity contribution in [3.63, 3.8) is 0 Å². The zero-order chi connectivity index (χ0) is 23.3. The summed E-state index contributed by atoms with van der Waals surface area (Å²) in [5.74, 6) is -0.316. The van der Waals surface area contributed by atoms with Crippen LogP contribution in [0.5, 0.6) is 0 Å². The van der Waals surface area contributed by atoms with Crippen LogP contribution in [0.3, 0.4) is 0 Å². The molecule has 2 saturated heterocycles. The Hall–Kier alpha value is -2.44. The first kappa shape index (κ1) is 22.7. The van der Waals surface area contributed by atoms with E-state index < -0.39 is 21.5 Å². The fourth-order valence-corrected chi connectivity index (χ4v) is 6.27. The smallest absolute Gasteiger partial charge is 0.326 e. The van der Waals surface area contributed by atoms with Crippen molar-refractivity contribution in [1.82, 2.24) is 24.0 Å². The predicted molar refractivity (Wildman–Crippen MR) is 115 cm³/mol. The molecule has 3 N–H and O–H groups in total. The number of nitrogens with zero attached hydrogens (tertiary/aromatic N) is 4. The van der Waals surface area contributed by atoms with Gasteiger partial charge in [-0.1, -0.05) is 6.92 Å². The Kier molecular flexibility index (Phi) is 5.80. The number of rotatable bonds is 5. The van der Waals surface area contributed by atoms with Crippen molar-refractivity contribution < 1.29 is 22.8 Å². The van der Waals surface area contributed by atoms with Crippen molar-refractivity contribution in [2.75, 3.05) is 32.8 Å². The second-order valence-corrected chi connectivity index (χ2v) is 11.1. The standard InChI is InChI=1S/C20H30N6O5S/c1-14-3-5-20(6-4-14)18(28)26(19(29)22-20)13-24-7-9-25(10-8-24)32(30,31)15-11-16(17(21)27)23(2)12-15/h11-12,14H,3-10,13H2,1-2H3,(H2,21,27)(H,22,29). The third kappa shape index (κ3) is 3.90. The summed E-state index contributed by atoms with van der Waals surface area (Å²) < 4.78 is 28.7.